The van der Waals surface area contributed by atoms with Crippen LogP contribution in [0.1, 0.15) is 65.5 Å². The zero-order valence-electron chi connectivity index (χ0n) is 27.3. The lowest BCUT2D eigenvalue weighted by Gasteiger charge is -2.18. The molecule has 0 aliphatic rings. The van der Waals surface area contributed by atoms with Gasteiger partial charge in [-0.05, 0) is 148 Å². The molecule has 5 N–H and O–H groups in total. The van der Waals surface area contributed by atoms with Crippen LogP contribution in [0.25, 0.3) is 0 Å². The highest BCUT2D eigenvalue weighted by atomic mass is 14.9. The average molecular weight is 578 g/mol. The second-order valence-electron chi connectivity index (χ2n) is 12.9. The van der Waals surface area contributed by atoms with Gasteiger partial charge in [0.1, 0.15) is 0 Å². The standard InChI is InChI=1S/C38H51N5/c1-25(2)21-29(7)39-31-9-13-33(14-10-31)42-37-19-17-35(23-27(37)5)41-36-18-20-38(28(6)24-36)43-34-15-11-32(12-16-34)40-30(8)22-26(3)4/h9-20,23-26,29-30,39-43H,21-22H2,1-8H3. The molecule has 0 spiro atoms. The largest absolute Gasteiger partial charge is 0.383 e. The summed E-state index contributed by atoms with van der Waals surface area (Å²) < 4.78 is 0. The van der Waals surface area contributed by atoms with E-state index in [1.807, 2.05) is 0 Å². The fourth-order valence-corrected chi connectivity index (χ4v) is 5.64. The van der Waals surface area contributed by atoms with Crippen molar-refractivity contribution in [3.63, 3.8) is 0 Å². The summed E-state index contributed by atoms with van der Waals surface area (Å²) in [6, 6.07) is 30.9. The molecule has 0 fully saturated rings. The van der Waals surface area contributed by atoms with E-state index in [4.69, 9.17) is 0 Å². The monoisotopic (exact) mass is 577 g/mol. The normalized spacial score (nSPS) is 12.6. The Morgan fingerprint density at radius 2 is 0.744 bits per heavy atom. The molecule has 5 heteroatoms. The summed E-state index contributed by atoms with van der Waals surface area (Å²) in [6.45, 7) is 17.8. The molecule has 5 nitrogen and oxygen atoms in total. The van der Waals surface area contributed by atoms with Gasteiger partial charge in [0.05, 0.1) is 0 Å². The highest BCUT2D eigenvalue weighted by molar-refractivity contribution is 5.73. The molecule has 0 aliphatic heterocycles. The number of nitrogens with one attached hydrogen (secondary N) is 5. The van der Waals surface area contributed by atoms with Crippen LogP contribution >= 0.6 is 0 Å². The van der Waals surface area contributed by atoms with Gasteiger partial charge < -0.3 is 26.6 Å². The topological polar surface area (TPSA) is 60.1 Å². The van der Waals surface area contributed by atoms with Gasteiger partial charge in [-0.2, -0.15) is 0 Å². The van der Waals surface area contributed by atoms with Crippen molar-refractivity contribution in [2.24, 2.45) is 11.8 Å². The molecule has 0 amide bonds. The second kappa shape index (κ2) is 14.9. The Morgan fingerprint density at radius 1 is 0.419 bits per heavy atom. The van der Waals surface area contributed by atoms with Crippen LogP contribution in [-0.2, 0) is 0 Å². The minimum Gasteiger partial charge on any atom is -0.383 e. The SMILES string of the molecule is Cc1cc(Nc2ccc(Nc3ccc(NC(C)CC(C)C)cc3)c(C)c2)ccc1Nc1ccc(NC(C)CC(C)C)cc1. The van der Waals surface area contributed by atoms with E-state index in [9.17, 15) is 0 Å². The highest BCUT2D eigenvalue weighted by Crippen LogP contribution is 2.29. The predicted molar refractivity (Wildman–Crippen MR) is 190 cm³/mol. The molecule has 2 unspecified atom stereocenters. The Kier molecular flexibility index (Phi) is 11.0. The number of rotatable bonds is 14. The molecule has 0 radical (unpaired) electrons. The molecule has 228 valence electrons. The number of anilines is 8. The minimum absolute atomic E-state index is 0.459. The van der Waals surface area contributed by atoms with E-state index in [0.29, 0.717) is 23.9 Å². The number of hydrogen-bond donors (Lipinski definition) is 5. The summed E-state index contributed by atoms with van der Waals surface area (Å²) >= 11 is 0. The molecule has 0 saturated carbocycles. The van der Waals surface area contributed by atoms with Gasteiger partial charge in [-0.25, -0.2) is 0 Å². The molecule has 0 heterocycles. The third-order valence-electron chi connectivity index (χ3n) is 7.55. The lowest BCUT2D eigenvalue weighted by atomic mass is 10.1. The van der Waals surface area contributed by atoms with E-state index in [1.54, 1.807) is 0 Å². The fourth-order valence-electron chi connectivity index (χ4n) is 5.64. The zero-order chi connectivity index (χ0) is 30.9. The average Bonchev–Trinajstić information content (AvgIpc) is 2.93. The van der Waals surface area contributed by atoms with E-state index in [-0.39, 0.29) is 0 Å². The quantitative estimate of drug-likeness (QED) is 0.103. The molecule has 43 heavy (non-hydrogen) atoms. The van der Waals surface area contributed by atoms with Gasteiger partial charge in [0.15, 0.2) is 0 Å². The van der Waals surface area contributed by atoms with Gasteiger partial charge in [-0.1, -0.05) is 27.7 Å². The van der Waals surface area contributed by atoms with Gasteiger partial charge in [-0.3, -0.25) is 0 Å². The van der Waals surface area contributed by atoms with E-state index >= 15 is 0 Å². The van der Waals surface area contributed by atoms with Crippen molar-refractivity contribution in [1.29, 1.82) is 0 Å². The third kappa shape index (κ3) is 9.99. The smallest absolute Gasteiger partial charge is 0.0415 e. The van der Waals surface area contributed by atoms with Gasteiger partial charge in [0.2, 0.25) is 0 Å². The van der Waals surface area contributed by atoms with E-state index in [2.05, 4.69) is 167 Å². The summed E-state index contributed by atoms with van der Waals surface area (Å²) in [5, 5.41) is 17.9. The van der Waals surface area contributed by atoms with Crippen LogP contribution in [0.15, 0.2) is 84.9 Å². The van der Waals surface area contributed by atoms with Gasteiger partial charge >= 0.3 is 0 Å². The van der Waals surface area contributed by atoms with Crippen molar-refractivity contribution >= 4 is 45.5 Å². The molecular weight excluding hydrogens is 526 g/mol. The molecule has 0 aromatic heterocycles. The Morgan fingerprint density at radius 3 is 1.07 bits per heavy atom. The Labute approximate surface area is 259 Å². The van der Waals surface area contributed by atoms with E-state index in [0.717, 1.165) is 58.3 Å². The molecule has 0 bridgehead atoms. The van der Waals surface area contributed by atoms with Crippen molar-refractivity contribution < 1.29 is 0 Å². The van der Waals surface area contributed by atoms with Crippen LogP contribution in [0.4, 0.5) is 45.5 Å². The first-order valence-corrected chi connectivity index (χ1v) is 15.8. The van der Waals surface area contributed by atoms with Crippen molar-refractivity contribution in [2.45, 2.75) is 80.3 Å². The predicted octanol–water partition coefficient (Wildman–Crippen LogP) is 11.2. The van der Waals surface area contributed by atoms with Crippen molar-refractivity contribution in [2.75, 3.05) is 26.6 Å². The summed E-state index contributed by atoms with van der Waals surface area (Å²) in [6.07, 6.45) is 2.32. The number of benzene rings is 4. The van der Waals surface area contributed by atoms with Crippen LogP contribution in [0.5, 0.6) is 0 Å². The summed E-state index contributed by atoms with van der Waals surface area (Å²) in [5.41, 5.74) is 11.2. The lowest BCUT2D eigenvalue weighted by molar-refractivity contribution is 0.539. The van der Waals surface area contributed by atoms with Crippen LogP contribution in [-0.4, -0.2) is 12.1 Å². The molecule has 0 saturated heterocycles. The Bertz CT molecular complexity index is 1330. The van der Waals surface area contributed by atoms with Gasteiger partial charge in [0, 0.05) is 57.6 Å². The second-order valence-corrected chi connectivity index (χ2v) is 12.9. The minimum atomic E-state index is 0.459. The van der Waals surface area contributed by atoms with Crippen LogP contribution in [0, 0.1) is 25.7 Å². The number of hydrogen-bond acceptors (Lipinski definition) is 5. The van der Waals surface area contributed by atoms with Gasteiger partial charge in [0.25, 0.3) is 0 Å². The summed E-state index contributed by atoms with van der Waals surface area (Å²) in [4.78, 5) is 0. The first-order chi connectivity index (χ1) is 20.5. The van der Waals surface area contributed by atoms with E-state index < -0.39 is 0 Å². The maximum atomic E-state index is 3.60. The molecular formula is C38H51N5. The van der Waals surface area contributed by atoms with Crippen molar-refractivity contribution in [3.8, 4) is 0 Å². The molecule has 4 aromatic carbocycles. The number of aryl methyl sites for hydroxylation is 2. The molecule has 0 aliphatic carbocycles. The van der Waals surface area contributed by atoms with Crippen molar-refractivity contribution in [3.05, 3.63) is 96.1 Å². The lowest BCUT2D eigenvalue weighted by Crippen LogP contribution is -2.17. The molecule has 2 atom stereocenters. The Hall–Kier alpha value is -4.12. The Balaban J connectivity index is 1.32. The van der Waals surface area contributed by atoms with E-state index in [1.165, 1.54) is 11.1 Å². The fraction of sp³-hybridized carbons (Fsp3) is 0.368. The summed E-state index contributed by atoms with van der Waals surface area (Å²) in [7, 11) is 0. The molecule has 4 aromatic rings. The van der Waals surface area contributed by atoms with Crippen molar-refractivity contribution in [1.82, 2.24) is 0 Å². The van der Waals surface area contributed by atoms with Crippen LogP contribution in [0.2, 0.25) is 0 Å². The first kappa shape index (κ1) is 31.8. The first-order valence-electron chi connectivity index (χ1n) is 15.8. The van der Waals surface area contributed by atoms with Crippen LogP contribution < -0.4 is 26.6 Å². The zero-order valence-corrected chi connectivity index (χ0v) is 27.3. The maximum Gasteiger partial charge on any atom is 0.0415 e. The molecule has 4 rings (SSSR count). The van der Waals surface area contributed by atoms with Gasteiger partial charge in [-0.15, -0.1) is 0 Å². The maximum absolute atomic E-state index is 3.60. The van der Waals surface area contributed by atoms with Crippen LogP contribution in [0.3, 0.4) is 0 Å². The summed E-state index contributed by atoms with van der Waals surface area (Å²) in [5.74, 6) is 1.37. The highest BCUT2D eigenvalue weighted by Gasteiger charge is 2.08. The third-order valence-corrected chi connectivity index (χ3v) is 7.55.